The van der Waals surface area contributed by atoms with Gasteiger partial charge < -0.3 is 15.1 Å². The van der Waals surface area contributed by atoms with Gasteiger partial charge in [-0.3, -0.25) is 4.79 Å². The van der Waals surface area contributed by atoms with Gasteiger partial charge >= 0.3 is 0 Å². The number of aryl methyl sites for hydroxylation is 1. The monoisotopic (exact) mass is 437 g/mol. The second kappa shape index (κ2) is 9.75. The molecule has 0 unspecified atom stereocenters. The molecule has 0 atom stereocenters. The molecule has 0 spiro atoms. The van der Waals surface area contributed by atoms with Crippen LogP contribution in [-0.4, -0.2) is 61.0 Å². The van der Waals surface area contributed by atoms with Gasteiger partial charge in [0.1, 0.15) is 16.5 Å². The number of hydrogen-bond acceptors (Lipinski definition) is 6. The van der Waals surface area contributed by atoms with Crippen LogP contribution in [0, 0.1) is 12.8 Å². The maximum Gasteiger partial charge on any atom is 0.223 e. The van der Waals surface area contributed by atoms with E-state index in [0.717, 1.165) is 67.3 Å². The summed E-state index contributed by atoms with van der Waals surface area (Å²) in [4.78, 5) is 28.7. The van der Waals surface area contributed by atoms with E-state index in [2.05, 4.69) is 64.5 Å². The molecule has 1 aliphatic rings. The lowest BCUT2D eigenvalue weighted by Crippen LogP contribution is -2.41. The van der Waals surface area contributed by atoms with E-state index in [9.17, 15) is 4.79 Å². The van der Waals surface area contributed by atoms with Gasteiger partial charge in [-0.15, -0.1) is 11.3 Å². The van der Waals surface area contributed by atoms with Crippen LogP contribution >= 0.6 is 11.3 Å². The normalized spacial score (nSPS) is 15.0. The van der Waals surface area contributed by atoms with Gasteiger partial charge in [0.05, 0.1) is 5.39 Å². The van der Waals surface area contributed by atoms with Crippen LogP contribution in [0.5, 0.6) is 0 Å². The van der Waals surface area contributed by atoms with Crippen LogP contribution in [0.3, 0.4) is 0 Å². The summed E-state index contributed by atoms with van der Waals surface area (Å²) < 4.78 is 0. The SMILES string of the molecule is Cc1nc(N2CCC(C(=O)NCCCN(C)C)CC2)c2cc(-c3ccccc3)sc2n1. The van der Waals surface area contributed by atoms with Crippen LogP contribution in [0.15, 0.2) is 36.4 Å². The zero-order valence-electron chi connectivity index (χ0n) is 18.6. The first-order valence-corrected chi connectivity index (χ1v) is 11.8. The average Bonchev–Trinajstić information content (AvgIpc) is 3.20. The Morgan fingerprint density at radius 1 is 1.19 bits per heavy atom. The number of aromatic nitrogens is 2. The van der Waals surface area contributed by atoms with Crippen molar-refractivity contribution in [2.24, 2.45) is 5.92 Å². The molecule has 1 fully saturated rings. The molecule has 4 rings (SSSR count). The molecule has 1 aromatic carbocycles. The molecule has 164 valence electrons. The number of piperidine rings is 1. The lowest BCUT2D eigenvalue weighted by molar-refractivity contribution is -0.125. The van der Waals surface area contributed by atoms with E-state index in [1.165, 1.54) is 10.4 Å². The smallest absolute Gasteiger partial charge is 0.223 e. The van der Waals surface area contributed by atoms with Crippen LogP contribution in [0.1, 0.15) is 25.1 Å². The Hall–Kier alpha value is -2.51. The summed E-state index contributed by atoms with van der Waals surface area (Å²) in [6, 6.07) is 12.6. The molecule has 0 aliphatic carbocycles. The zero-order chi connectivity index (χ0) is 21.8. The number of carbonyl (C=O) groups excluding carboxylic acids is 1. The van der Waals surface area contributed by atoms with Gasteiger partial charge in [-0.25, -0.2) is 9.97 Å². The molecule has 3 aromatic rings. The van der Waals surface area contributed by atoms with E-state index in [1.54, 1.807) is 11.3 Å². The van der Waals surface area contributed by atoms with Crippen molar-refractivity contribution in [2.45, 2.75) is 26.2 Å². The summed E-state index contributed by atoms with van der Waals surface area (Å²) in [5, 5.41) is 4.23. The number of nitrogens with zero attached hydrogens (tertiary/aromatic N) is 4. The van der Waals surface area contributed by atoms with Gasteiger partial charge in [-0.1, -0.05) is 30.3 Å². The van der Waals surface area contributed by atoms with Crippen molar-refractivity contribution in [3.05, 3.63) is 42.2 Å². The molecule has 6 nitrogen and oxygen atoms in total. The number of fused-ring (bicyclic) bond motifs is 1. The predicted octanol–water partition coefficient (Wildman–Crippen LogP) is 3.95. The van der Waals surface area contributed by atoms with E-state index in [-0.39, 0.29) is 11.8 Å². The minimum Gasteiger partial charge on any atom is -0.356 e. The van der Waals surface area contributed by atoms with Gasteiger partial charge in [-0.05, 0) is 58.5 Å². The standard InChI is InChI=1S/C24H31N5OS/c1-17-26-22(20-16-21(31-24(20)27-17)18-8-5-4-6-9-18)29-14-10-19(11-15-29)23(30)25-12-7-13-28(2)3/h4-6,8-9,16,19H,7,10-15H2,1-3H3,(H,25,30). The fourth-order valence-corrected chi connectivity index (χ4v) is 5.18. The van der Waals surface area contributed by atoms with Gasteiger partial charge in [0.15, 0.2) is 0 Å². The zero-order valence-corrected chi connectivity index (χ0v) is 19.4. The first-order chi connectivity index (χ1) is 15.0. The number of rotatable bonds is 7. The fraction of sp³-hybridized carbons (Fsp3) is 0.458. The van der Waals surface area contributed by atoms with Crippen LogP contribution in [0.4, 0.5) is 5.82 Å². The van der Waals surface area contributed by atoms with Crippen LogP contribution < -0.4 is 10.2 Å². The highest BCUT2D eigenvalue weighted by Gasteiger charge is 2.27. The molecule has 0 radical (unpaired) electrons. The van der Waals surface area contributed by atoms with Crippen molar-refractivity contribution in [3.8, 4) is 10.4 Å². The molecule has 31 heavy (non-hydrogen) atoms. The van der Waals surface area contributed by atoms with Gasteiger partial charge in [0.2, 0.25) is 5.91 Å². The third kappa shape index (κ3) is 5.22. The largest absolute Gasteiger partial charge is 0.356 e. The summed E-state index contributed by atoms with van der Waals surface area (Å²) in [5.41, 5.74) is 1.21. The topological polar surface area (TPSA) is 61.4 Å². The lowest BCUT2D eigenvalue weighted by atomic mass is 9.95. The maximum absolute atomic E-state index is 12.5. The van der Waals surface area contributed by atoms with E-state index >= 15 is 0 Å². The third-order valence-corrected chi connectivity index (χ3v) is 6.87. The summed E-state index contributed by atoms with van der Waals surface area (Å²) in [6.07, 6.45) is 2.71. The van der Waals surface area contributed by atoms with Crippen molar-refractivity contribution in [3.63, 3.8) is 0 Å². The molecule has 0 saturated carbocycles. The second-order valence-corrected chi connectivity index (χ2v) is 9.53. The molecule has 1 aliphatic heterocycles. The number of amides is 1. The van der Waals surface area contributed by atoms with Crippen molar-refractivity contribution in [1.82, 2.24) is 20.2 Å². The van der Waals surface area contributed by atoms with E-state index in [1.807, 2.05) is 13.0 Å². The molecule has 2 aromatic heterocycles. The molecule has 7 heteroatoms. The highest BCUT2D eigenvalue weighted by Crippen LogP contribution is 2.37. The van der Waals surface area contributed by atoms with Crippen LogP contribution in [-0.2, 0) is 4.79 Å². The van der Waals surface area contributed by atoms with Crippen molar-refractivity contribution < 1.29 is 4.79 Å². The Kier molecular flexibility index (Phi) is 6.83. The Bertz CT molecular complexity index is 1030. The number of nitrogens with one attached hydrogen (secondary N) is 1. The lowest BCUT2D eigenvalue weighted by Gasteiger charge is -2.32. The van der Waals surface area contributed by atoms with Gasteiger partial charge in [-0.2, -0.15) is 0 Å². The van der Waals surface area contributed by atoms with Crippen molar-refractivity contribution in [2.75, 3.05) is 45.2 Å². The highest BCUT2D eigenvalue weighted by atomic mass is 32.1. The number of thiophene rings is 1. The van der Waals surface area contributed by atoms with E-state index in [4.69, 9.17) is 4.98 Å². The first-order valence-electron chi connectivity index (χ1n) is 11.0. The third-order valence-electron chi connectivity index (χ3n) is 5.79. The van der Waals surface area contributed by atoms with Crippen molar-refractivity contribution in [1.29, 1.82) is 0 Å². The molecular formula is C24H31N5OS. The molecular weight excluding hydrogens is 406 g/mol. The predicted molar refractivity (Wildman–Crippen MR) is 129 cm³/mol. The number of carbonyl (C=O) groups is 1. The average molecular weight is 438 g/mol. The molecule has 3 heterocycles. The van der Waals surface area contributed by atoms with Crippen LogP contribution in [0.2, 0.25) is 0 Å². The number of anilines is 1. The molecule has 1 amide bonds. The minimum atomic E-state index is 0.0939. The highest BCUT2D eigenvalue weighted by molar-refractivity contribution is 7.21. The Balaban J connectivity index is 1.44. The molecule has 1 saturated heterocycles. The fourth-order valence-electron chi connectivity index (χ4n) is 4.10. The van der Waals surface area contributed by atoms with Gasteiger partial charge in [0, 0.05) is 30.4 Å². The Morgan fingerprint density at radius 2 is 1.94 bits per heavy atom. The summed E-state index contributed by atoms with van der Waals surface area (Å²) >= 11 is 1.72. The second-order valence-electron chi connectivity index (χ2n) is 8.50. The Labute approximate surface area is 188 Å². The summed E-state index contributed by atoms with van der Waals surface area (Å²) in [5.74, 6) is 2.09. The minimum absolute atomic E-state index is 0.0939. The van der Waals surface area contributed by atoms with E-state index in [0.29, 0.717) is 0 Å². The van der Waals surface area contributed by atoms with Crippen molar-refractivity contribution >= 4 is 33.3 Å². The number of hydrogen-bond donors (Lipinski definition) is 1. The Morgan fingerprint density at radius 3 is 2.65 bits per heavy atom. The van der Waals surface area contributed by atoms with Crippen LogP contribution in [0.25, 0.3) is 20.7 Å². The quantitative estimate of drug-likeness (QED) is 0.567. The number of benzene rings is 1. The molecule has 0 bridgehead atoms. The van der Waals surface area contributed by atoms with E-state index < -0.39 is 0 Å². The maximum atomic E-state index is 12.5. The van der Waals surface area contributed by atoms with Gasteiger partial charge in [0.25, 0.3) is 0 Å². The molecule has 1 N–H and O–H groups in total. The first kappa shape index (κ1) is 21.7. The summed E-state index contributed by atoms with van der Waals surface area (Å²) in [6.45, 7) is 5.39. The summed E-state index contributed by atoms with van der Waals surface area (Å²) in [7, 11) is 4.11.